The maximum atomic E-state index is 13.2. The third-order valence-electron chi connectivity index (χ3n) is 7.53. The van der Waals surface area contributed by atoms with E-state index in [1.54, 1.807) is 18.4 Å². The molecule has 0 radical (unpaired) electrons. The van der Waals surface area contributed by atoms with Gasteiger partial charge >= 0.3 is 0 Å². The average Bonchev–Trinajstić information content (AvgIpc) is 3.59. The highest BCUT2D eigenvalue weighted by atomic mass is 32.1. The average molecular weight is 537 g/mol. The van der Waals surface area contributed by atoms with Crippen molar-refractivity contribution in [3.63, 3.8) is 0 Å². The number of rotatable bonds is 8. The minimum Gasteiger partial charge on any atom is -0.497 e. The molecular weight excluding hydrogens is 504 g/mol. The quantitative estimate of drug-likeness (QED) is 0.246. The molecule has 0 N–H and O–H groups in total. The number of piperazine rings is 1. The summed E-state index contributed by atoms with van der Waals surface area (Å²) in [7, 11) is 1.67. The fourth-order valence-electron chi connectivity index (χ4n) is 5.42. The molecule has 6 rings (SSSR count). The molecule has 0 bridgehead atoms. The lowest BCUT2D eigenvalue weighted by Crippen LogP contribution is -2.49. The van der Waals surface area contributed by atoms with Crippen LogP contribution in [0.3, 0.4) is 0 Å². The van der Waals surface area contributed by atoms with Crippen LogP contribution in [-0.4, -0.2) is 58.4 Å². The Bertz CT molecular complexity index is 1480. The van der Waals surface area contributed by atoms with Gasteiger partial charge in [0.25, 0.3) is 0 Å². The Morgan fingerprint density at radius 3 is 2.15 bits per heavy atom. The monoisotopic (exact) mass is 536 g/mol. The van der Waals surface area contributed by atoms with Gasteiger partial charge in [0.2, 0.25) is 5.91 Å². The van der Waals surface area contributed by atoms with Crippen LogP contribution in [0.4, 0.5) is 0 Å². The van der Waals surface area contributed by atoms with E-state index in [4.69, 9.17) is 9.72 Å². The van der Waals surface area contributed by atoms with Crippen molar-refractivity contribution >= 4 is 22.2 Å². The number of amides is 1. The van der Waals surface area contributed by atoms with Gasteiger partial charge in [0.15, 0.2) is 4.96 Å². The van der Waals surface area contributed by atoms with Crippen molar-refractivity contribution in [2.24, 2.45) is 0 Å². The van der Waals surface area contributed by atoms with E-state index in [0.717, 1.165) is 53.8 Å². The number of aromatic nitrogens is 2. The number of fused-ring (bicyclic) bond motifs is 1. The summed E-state index contributed by atoms with van der Waals surface area (Å²) in [4.78, 5) is 23.5. The SMILES string of the molecule is COc1ccc(-c2cn3c(CCC(=O)N4CCN(C(c5ccccc5)c5ccccc5)CC4)csc3n2)cc1. The van der Waals surface area contributed by atoms with Crippen LogP contribution in [0.15, 0.2) is 96.5 Å². The number of carbonyl (C=O) groups excluding carboxylic acids is 1. The summed E-state index contributed by atoms with van der Waals surface area (Å²) in [6.07, 6.45) is 3.27. The number of hydrogen-bond acceptors (Lipinski definition) is 5. The molecule has 1 saturated heterocycles. The number of nitrogens with zero attached hydrogens (tertiary/aromatic N) is 4. The molecule has 2 aromatic heterocycles. The van der Waals surface area contributed by atoms with E-state index >= 15 is 0 Å². The normalized spacial score (nSPS) is 14.3. The first kappa shape index (κ1) is 25.3. The minimum absolute atomic E-state index is 0.199. The molecule has 7 heteroatoms. The summed E-state index contributed by atoms with van der Waals surface area (Å²) >= 11 is 1.62. The third-order valence-corrected chi connectivity index (χ3v) is 8.42. The topological polar surface area (TPSA) is 50.1 Å². The summed E-state index contributed by atoms with van der Waals surface area (Å²) < 4.78 is 7.39. The molecule has 3 heterocycles. The van der Waals surface area contributed by atoms with Crippen LogP contribution in [0, 0.1) is 0 Å². The molecule has 3 aromatic carbocycles. The van der Waals surface area contributed by atoms with E-state index in [0.29, 0.717) is 12.8 Å². The number of thiazole rings is 1. The van der Waals surface area contributed by atoms with E-state index < -0.39 is 0 Å². The molecule has 39 heavy (non-hydrogen) atoms. The molecule has 1 fully saturated rings. The molecule has 5 aromatic rings. The van der Waals surface area contributed by atoms with Crippen molar-refractivity contribution in [2.45, 2.75) is 18.9 Å². The maximum absolute atomic E-state index is 13.2. The molecule has 6 nitrogen and oxygen atoms in total. The summed E-state index contributed by atoms with van der Waals surface area (Å²) in [5.41, 5.74) is 5.69. The Kier molecular flexibility index (Phi) is 7.43. The fraction of sp³-hybridized carbons (Fsp3) is 0.250. The first-order chi connectivity index (χ1) is 19.2. The van der Waals surface area contributed by atoms with Crippen LogP contribution in [0.2, 0.25) is 0 Å². The third kappa shape index (κ3) is 5.46. The lowest BCUT2D eigenvalue weighted by atomic mass is 9.96. The van der Waals surface area contributed by atoms with Crippen LogP contribution < -0.4 is 4.74 Å². The lowest BCUT2D eigenvalue weighted by Gasteiger charge is -2.40. The largest absolute Gasteiger partial charge is 0.497 e. The standard InChI is InChI=1S/C32H32N4O2S/c1-38-28-15-12-24(13-16-28)29-22-36-27(23-39-32(36)33-29)14-17-30(37)34-18-20-35(21-19-34)31(25-8-4-2-5-9-25)26-10-6-3-7-11-26/h2-13,15-16,22-23,31H,14,17-21H2,1H3. The van der Waals surface area contributed by atoms with E-state index in [1.807, 2.05) is 29.2 Å². The smallest absolute Gasteiger partial charge is 0.223 e. The molecule has 0 spiro atoms. The Hall–Kier alpha value is -3.94. The predicted octanol–water partition coefficient (Wildman–Crippen LogP) is 5.94. The Labute approximate surface area is 233 Å². The Morgan fingerprint density at radius 2 is 1.54 bits per heavy atom. The van der Waals surface area contributed by atoms with Crippen molar-refractivity contribution in [1.82, 2.24) is 19.2 Å². The van der Waals surface area contributed by atoms with Crippen LogP contribution >= 0.6 is 11.3 Å². The molecule has 1 aliphatic rings. The van der Waals surface area contributed by atoms with Gasteiger partial charge in [-0.1, -0.05) is 60.7 Å². The lowest BCUT2D eigenvalue weighted by molar-refractivity contribution is -0.133. The van der Waals surface area contributed by atoms with E-state index in [9.17, 15) is 4.79 Å². The summed E-state index contributed by atoms with van der Waals surface area (Å²) in [5.74, 6) is 1.05. The van der Waals surface area contributed by atoms with Crippen molar-refractivity contribution in [3.05, 3.63) is 113 Å². The van der Waals surface area contributed by atoms with Gasteiger partial charge in [0, 0.05) is 55.4 Å². The summed E-state index contributed by atoms with van der Waals surface area (Å²) in [6, 6.07) is 29.5. The molecule has 0 unspecified atom stereocenters. The van der Waals surface area contributed by atoms with Crippen LogP contribution in [0.25, 0.3) is 16.2 Å². The van der Waals surface area contributed by atoms with Crippen LogP contribution in [0.1, 0.15) is 29.3 Å². The van der Waals surface area contributed by atoms with Crippen molar-refractivity contribution in [1.29, 1.82) is 0 Å². The number of ether oxygens (including phenoxy) is 1. The summed E-state index contributed by atoms with van der Waals surface area (Å²) in [6.45, 7) is 3.22. The molecule has 1 amide bonds. The number of imidazole rings is 1. The second-order valence-corrected chi connectivity index (χ2v) is 10.7. The summed E-state index contributed by atoms with van der Waals surface area (Å²) in [5, 5.41) is 2.12. The van der Waals surface area contributed by atoms with Gasteiger partial charge in [-0.05, 0) is 41.8 Å². The fourth-order valence-corrected chi connectivity index (χ4v) is 6.32. The van der Waals surface area contributed by atoms with Gasteiger partial charge in [-0.3, -0.25) is 14.1 Å². The molecular formula is C32H32N4O2S. The number of aryl methyl sites for hydroxylation is 1. The maximum Gasteiger partial charge on any atom is 0.223 e. The van der Waals surface area contributed by atoms with Gasteiger partial charge in [0.1, 0.15) is 5.75 Å². The van der Waals surface area contributed by atoms with Crippen LogP contribution in [-0.2, 0) is 11.2 Å². The van der Waals surface area contributed by atoms with E-state index in [-0.39, 0.29) is 11.9 Å². The van der Waals surface area contributed by atoms with Crippen molar-refractivity contribution in [3.8, 4) is 17.0 Å². The molecule has 198 valence electrons. The number of carbonyl (C=O) groups is 1. The van der Waals surface area contributed by atoms with Gasteiger partial charge < -0.3 is 9.64 Å². The van der Waals surface area contributed by atoms with Gasteiger partial charge in [-0.2, -0.15) is 0 Å². The Balaban J connectivity index is 1.08. The van der Waals surface area contributed by atoms with Crippen LogP contribution in [0.5, 0.6) is 5.75 Å². The first-order valence-electron chi connectivity index (χ1n) is 13.4. The molecule has 0 aliphatic carbocycles. The highest BCUT2D eigenvalue weighted by Crippen LogP contribution is 2.30. The number of methoxy groups -OCH3 is 1. The van der Waals surface area contributed by atoms with Gasteiger partial charge in [-0.15, -0.1) is 11.3 Å². The van der Waals surface area contributed by atoms with Gasteiger partial charge in [-0.25, -0.2) is 4.98 Å². The zero-order valence-corrected chi connectivity index (χ0v) is 22.9. The van der Waals surface area contributed by atoms with Crippen molar-refractivity contribution < 1.29 is 9.53 Å². The zero-order valence-electron chi connectivity index (χ0n) is 22.1. The first-order valence-corrected chi connectivity index (χ1v) is 14.3. The second kappa shape index (κ2) is 11.4. The number of benzene rings is 3. The molecule has 0 saturated carbocycles. The predicted molar refractivity (Wildman–Crippen MR) is 156 cm³/mol. The highest BCUT2D eigenvalue weighted by Gasteiger charge is 2.28. The number of hydrogen-bond donors (Lipinski definition) is 0. The second-order valence-electron chi connectivity index (χ2n) is 9.87. The molecule has 1 aliphatic heterocycles. The Morgan fingerprint density at radius 1 is 0.897 bits per heavy atom. The van der Waals surface area contributed by atoms with E-state index in [1.165, 1.54) is 11.1 Å². The van der Waals surface area contributed by atoms with Gasteiger partial charge in [0.05, 0.1) is 18.8 Å². The zero-order chi connectivity index (χ0) is 26.6. The van der Waals surface area contributed by atoms with E-state index in [2.05, 4.69) is 81.5 Å². The highest BCUT2D eigenvalue weighted by molar-refractivity contribution is 7.15. The molecule has 0 atom stereocenters. The minimum atomic E-state index is 0.199. The van der Waals surface area contributed by atoms with Crippen molar-refractivity contribution in [2.75, 3.05) is 33.3 Å².